The molecule has 0 amide bonds. The van der Waals surface area contributed by atoms with Gasteiger partial charge in [0.2, 0.25) is 0 Å². The zero-order valence-electron chi connectivity index (χ0n) is 18.5. The molecule has 1 heterocycles. The molecule has 35 heavy (non-hydrogen) atoms. The molecule has 0 radical (unpaired) electrons. The van der Waals surface area contributed by atoms with Crippen LogP contribution in [0.4, 0.5) is 22.0 Å². The van der Waals surface area contributed by atoms with E-state index in [2.05, 4.69) is 4.98 Å². The highest BCUT2D eigenvalue weighted by atomic mass is 19.4. The number of halogens is 5. The summed E-state index contributed by atoms with van der Waals surface area (Å²) in [6, 6.07) is 9.48. The van der Waals surface area contributed by atoms with Crippen LogP contribution in [0.1, 0.15) is 57.7 Å². The van der Waals surface area contributed by atoms with Crippen molar-refractivity contribution in [3.05, 3.63) is 93.8 Å². The molecule has 0 atom stereocenters. The van der Waals surface area contributed by atoms with E-state index in [9.17, 15) is 31.9 Å². The van der Waals surface area contributed by atoms with Crippen molar-refractivity contribution in [3.8, 4) is 5.75 Å². The molecule has 4 rings (SSSR count). The highest BCUT2D eigenvalue weighted by Gasteiger charge is 2.32. The number of hydrogen-bond acceptors (Lipinski definition) is 3. The number of rotatable bonds is 6. The van der Waals surface area contributed by atoms with E-state index in [0.29, 0.717) is 41.7 Å². The van der Waals surface area contributed by atoms with Gasteiger partial charge in [-0.3, -0.25) is 0 Å². The highest BCUT2D eigenvalue weighted by Crippen LogP contribution is 2.44. The Labute approximate surface area is 197 Å². The minimum absolute atomic E-state index is 0.0284. The number of ether oxygens (including phenoxy) is 1. The van der Waals surface area contributed by atoms with Crippen molar-refractivity contribution in [2.24, 2.45) is 0 Å². The van der Waals surface area contributed by atoms with Gasteiger partial charge in [-0.05, 0) is 79.3 Å². The molecular weight excluding hydrogens is 469 g/mol. The minimum Gasteiger partial charge on any atom is -0.488 e. The average Bonchev–Trinajstić information content (AvgIpc) is 3.28. The Balaban J connectivity index is 1.82. The monoisotopic (exact) mass is 489 g/mol. The lowest BCUT2D eigenvalue weighted by molar-refractivity contribution is -0.137. The summed E-state index contributed by atoms with van der Waals surface area (Å²) in [5.74, 6) is -2.84. The van der Waals surface area contributed by atoms with Gasteiger partial charge < -0.3 is 9.84 Å². The van der Waals surface area contributed by atoms with Crippen LogP contribution in [-0.4, -0.2) is 16.1 Å². The van der Waals surface area contributed by atoms with E-state index >= 15 is 0 Å². The molecule has 1 N–H and O–H groups in total. The average molecular weight is 489 g/mol. The van der Waals surface area contributed by atoms with Crippen LogP contribution in [0.25, 0.3) is 11.1 Å². The highest BCUT2D eigenvalue weighted by molar-refractivity contribution is 5.95. The first-order valence-corrected chi connectivity index (χ1v) is 10.8. The van der Waals surface area contributed by atoms with Crippen molar-refractivity contribution >= 4 is 17.1 Å². The van der Waals surface area contributed by atoms with Gasteiger partial charge in [0.1, 0.15) is 24.0 Å². The molecule has 0 bridgehead atoms. The normalized spacial score (nSPS) is 13.9. The second-order valence-corrected chi connectivity index (χ2v) is 8.18. The van der Waals surface area contributed by atoms with Crippen LogP contribution in [-0.2, 0) is 12.8 Å². The summed E-state index contributed by atoms with van der Waals surface area (Å²) in [7, 11) is 0. The zero-order chi connectivity index (χ0) is 25.3. The van der Waals surface area contributed by atoms with Crippen LogP contribution in [0.2, 0.25) is 0 Å². The smallest absolute Gasteiger partial charge is 0.416 e. The van der Waals surface area contributed by atoms with Crippen molar-refractivity contribution in [1.82, 2.24) is 4.98 Å². The maximum absolute atomic E-state index is 14.1. The quantitative estimate of drug-likeness (QED) is 0.377. The predicted octanol–water partition coefficient (Wildman–Crippen LogP) is 7.06. The molecule has 1 aromatic heterocycles. The van der Waals surface area contributed by atoms with Gasteiger partial charge in [0.25, 0.3) is 0 Å². The van der Waals surface area contributed by atoms with Gasteiger partial charge in [-0.15, -0.1) is 0 Å². The summed E-state index contributed by atoms with van der Waals surface area (Å²) in [6.45, 7) is 1.08. The molecule has 182 valence electrons. The third-order valence-corrected chi connectivity index (χ3v) is 5.89. The summed E-state index contributed by atoms with van der Waals surface area (Å²) in [5.41, 5.74) is 0.672. The second-order valence-electron chi connectivity index (χ2n) is 8.18. The second kappa shape index (κ2) is 9.48. The molecule has 0 spiro atoms. The fourth-order valence-electron chi connectivity index (χ4n) is 4.13. The number of benzene rings is 2. The Hall–Kier alpha value is -3.75. The summed E-state index contributed by atoms with van der Waals surface area (Å²) < 4.78 is 74.3. The number of carbonyl (C=O) groups is 1. The number of carboxylic acid groups (broad SMARTS) is 1. The van der Waals surface area contributed by atoms with Gasteiger partial charge in [0.05, 0.1) is 16.8 Å². The fraction of sp³-hybridized carbons (Fsp3) is 0.231. The van der Waals surface area contributed by atoms with Crippen LogP contribution in [0.3, 0.4) is 0 Å². The van der Waals surface area contributed by atoms with E-state index in [0.717, 1.165) is 30.3 Å². The van der Waals surface area contributed by atoms with E-state index in [1.807, 2.05) is 0 Å². The molecule has 1 aliphatic rings. The van der Waals surface area contributed by atoms with E-state index in [1.54, 1.807) is 19.1 Å². The number of aryl methyl sites for hydroxylation is 1. The zero-order valence-corrected chi connectivity index (χ0v) is 18.5. The molecule has 0 fully saturated rings. The predicted molar refractivity (Wildman–Crippen MR) is 119 cm³/mol. The van der Waals surface area contributed by atoms with E-state index < -0.39 is 36.0 Å². The minimum atomic E-state index is -4.62. The van der Waals surface area contributed by atoms with E-state index in [-0.39, 0.29) is 22.6 Å². The molecule has 3 aromatic rings. The molecule has 0 unspecified atom stereocenters. The number of hydrogen-bond donors (Lipinski definition) is 1. The molecule has 0 aliphatic heterocycles. The van der Waals surface area contributed by atoms with Gasteiger partial charge in [-0.25, -0.2) is 18.6 Å². The first kappa shape index (κ1) is 24.4. The van der Waals surface area contributed by atoms with Crippen molar-refractivity contribution in [3.63, 3.8) is 0 Å². The first-order chi connectivity index (χ1) is 16.6. The van der Waals surface area contributed by atoms with Gasteiger partial charge >= 0.3 is 12.1 Å². The fourth-order valence-corrected chi connectivity index (χ4v) is 4.13. The number of nitrogens with zero attached hydrogens (tertiary/aromatic N) is 1. The van der Waals surface area contributed by atoms with Gasteiger partial charge in [-0.2, -0.15) is 13.2 Å². The number of aromatic nitrogens is 1. The van der Waals surface area contributed by atoms with E-state index in [4.69, 9.17) is 4.74 Å². The Morgan fingerprint density at radius 3 is 2.37 bits per heavy atom. The summed E-state index contributed by atoms with van der Waals surface area (Å²) in [5, 5.41) is 9.42. The summed E-state index contributed by atoms with van der Waals surface area (Å²) in [4.78, 5) is 15.8. The Morgan fingerprint density at radius 2 is 1.71 bits per heavy atom. The number of alkyl halides is 3. The van der Waals surface area contributed by atoms with Crippen LogP contribution in [0, 0.1) is 18.6 Å². The van der Waals surface area contributed by atoms with Crippen molar-refractivity contribution in [1.29, 1.82) is 0 Å². The molecule has 4 nitrogen and oxygen atoms in total. The molecule has 0 saturated heterocycles. The lowest BCUT2D eigenvalue weighted by Gasteiger charge is -2.17. The van der Waals surface area contributed by atoms with E-state index in [1.165, 1.54) is 6.07 Å². The molecule has 0 saturated carbocycles. The van der Waals surface area contributed by atoms with Crippen molar-refractivity contribution in [2.75, 3.05) is 0 Å². The lowest BCUT2D eigenvalue weighted by Crippen LogP contribution is -2.08. The van der Waals surface area contributed by atoms with Crippen molar-refractivity contribution in [2.45, 2.75) is 39.0 Å². The SMILES string of the molecule is Cc1ccc(C2=C(c3cc(C(F)(F)F)ccc3OCc3c(F)cccc3F)CCC2)nc1C(=O)O. The summed E-state index contributed by atoms with van der Waals surface area (Å²) in [6.07, 6.45) is -3.13. The van der Waals surface area contributed by atoms with Crippen LogP contribution < -0.4 is 4.74 Å². The van der Waals surface area contributed by atoms with Gasteiger partial charge in [0, 0.05) is 5.56 Å². The molecule has 2 aromatic carbocycles. The first-order valence-electron chi connectivity index (χ1n) is 10.8. The molecule has 1 aliphatic carbocycles. The standard InChI is InChI=1S/C26H20F5NO3/c1-14-8-10-22(32-24(14)25(33)34)17-5-2-4-16(17)18-12-15(26(29,30)31)9-11-23(18)35-13-19-20(27)6-3-7-21(19)28/h3,6-12H,2,4-5,13H2,1H3,(H,33,34). The number of pyridine rings is 1. The Morgan fingerprint density at radius 1 is 1.03 bits per heavy atom. The topological polar surface area (TPSA) is 59.4 Å². The number of carboxylic acids is 1. The van der Waals surface area contributed by atoms with Gasteiger partial charge in [-0.1, -0.05) is 12.1 Å². The van der Waals surface area contributed by atoms with Crippen LogP contribution in [0.15, 0.2) is 48.5 Å². The molecule has 9 heteroatoms. The Bertz CT molecular complexity index is 1310. The third-order valence-electron chi connectivity index (χ3n) is 5.89. The maximum Gasteiger partial charge on any atom is 0.416 e. The van der Waals surface area contributed by atoms with Crippen LogP contribution in [0.5, 0.6) is 5.75 Å². The maximum atomic E-state index is 14.1. The Kier molecular flexibility index (Phi) is 6.60. The number of allylic oxidation sites excluding steroid dienone is 2. The summed E-state index contributed by atoms with van der Waals surface area (Å²) >= 11 is 0. The number of aromatic carboxylic acids is 1. The van der Waals surface area contributed by atoms with Crippen molar-refractivity contribution < 1.29 is 36.6 Å². The van der Waals surface area contributed by atoms with Crippen LogP contribution >= 0.6 is 0 Å². The largest absolute Gasteiger partial charge is 0.488 e. The third kappa shape index (κ3) is 5.03. The lowest BCUT2D eigenvalue weighted by atomic mass is 9.96. The van der Waals surface area contributed by atoms with Gasteiger partial charge in [0.15, 0.2) is 5.69 Å². The molecular formula is C26H20F5NO3.